The minimum absolute atomic E-state index is 0.130. The van der Waals surface area contributed by atoms with Crippen molar-refractivity contribution in [2.24, 2.45) is 0 Å². The van der Waals surface area contributed by atoms with Crippen molar-refractivity contribution < 1.29 is 4.39 Å². The first kappa shape index (κ1) is 8.93. The second kappa shape index (κ2) is 4.01. The molecule has 0 saturated heterocycles. The van der Waals surface area contributed by atoms with Crippen LogP contribution in [0.15, 0.2) is 18.2 Å². The largest absolute Gasteiger partial charge is 0.257 e. The van der Waals surface area contributed by atoms with E-state index in [4.69, 9.17) is 0 Å². The lowest BCUT2D eigenvalue weighted by Gasteiger charge is -2.00. The molecule has 1 rings (SSSR count). The van der Waals surface area contributed by atoms with Crippen LogP contribution < -0.4 is 3.53 Å². The highest BCUT2D eigenvalue weighted by atomic mass is 127. The van der Waals surface area contributed by atoms with Crippen LogP contribution in [0.2, 0.25) is 0 Å². The first-order valence-electron chi connectivity index (χ1n) is 3.32. The smallest absolute Gasteiger partial charge is 0.126 e. The number of halogens is 2. The highest BCUT2D eigenvalue weighted by Crippen LogP contribution is 2.08. The number of aryl methyl sites for hydroxylation is 1. The van der Waals surface area contributed by atoms with Crippen LogP contribution >= 0.6 is 22.9 Å². The van der Waals surface area contributed by atoms with E-state index in [9.17, 15) is 4.39 Å². The first-order valence-corrected chi connectivity index (χ1v) is 4.40. The Morgan fingerprint density at radius 2 is 2.27 bits per heavy atom. The summed E-state index contributed by atoms with van der Waals surface area (Å²) in [6, 6.07) is 5.27. The highest BCUT2D eigenvalue weighted by Gasteiger charge is 1.97. The Balaban J connectivity index is 2.86. The molecular weight excluding hydrogens is 256 g/mol. The molecule has 0 aliphatic carbocycles. The van der Waals surface area contributed by atoms with Crippen LogP contribution in [0, 0.1) is 12.7 Å². The molecule has 11 heavy (non-hydrogen) atoms. The predicted octanol–water partition coefficient (Wildman–Crippen LogP) is 2.57. The van der Waals surface area contributed by atoms with E-state index in [0.717, 1.165) is 5.56 Å². The summed E-state index contributed by atoms with van der Waals surface area (Å²) in [5.74, 6) is -0.130. The summed E-state index contributed by atoms with van der Waals surface area (Å²) < 4.78 is 15.8. The van der Waals surface area contributed by atoms with Gasteiger partial charge in [-0.3, -0.25) is 3.53 Å². The second-order valence-corrected chi connectivity index (χ2v) is 3.16. The summed E-state index contributed by atoms with van der Waals surface area (Å²) in [4.78, 5) is 0. The predicted molar refractivity (Wildman–Crippen MR) is 52.0 cm³/mol. The Labute approximate surface area is 79.5 Å². The van der Waals surface area contributed by atoms with Gasteiger partial charge in [0, 0.05) is 29.4 Å². The van der Waals surface area contributed by atoms with Crippen LogP contribution in [0.5, 0.6) is 0 Å². The molecule has 1 N–H and O–H groups in total. The fourth-order valence-corrected chi connectivity index (χ4v) is 1.26. The van der Waals surface area contributed by atoms with E-state index >= 15 is 0 Å². The molecule has 0 amide bonds. The van der Waals surface area contributed by atoms with Gasteiger partial charge in [-0.25, -0.2) is 4.39 Å². The van der Waals surface area contributed by atoms with E-state index in [1.807, 2.05) is 28.9 Å². The SMILES string of the molecule is Cc1ccc(CNI)cc1F. The molecule has 0 aliphatic rings. The maximum Gasteiger partial charge on any atom is 0.126 e. The monoisotopic (exact) mass is 265 g/mol. The van der Waals surface area contributed by atoms with Gasteiger partial charge in [-0.15, -0.1) is 0 Å². The summed E-state index contributed by atoms with van der Waals surface area (Å²) >= 11 is 2.04. The van der Waals surface area contributed by atoms with Gasteiger partial charge in [0.2, 0.25) is 0 Å². The second-order valence-electron chi connectivity index (χ2n) is 2.39. The summed E-state index contributed by atoms with van der Waals surface area (Å²) in [7, 11) is 0. The van der Waals surface area contributed by atoms with Crippen LogP contribution in [0.3, 0.4) is 0 Å². The van der Waals surface area contributed by atoms with Gasteiger partial charge in [0.25, 0.3) is 0 Å². The van der Waals surface area contributed by atoms with Crippen LogP contribution in [0.4, 0.5) is 4.39 Å². The molecule has 1 aromatic rings. The minimum atomic E-state index is -0.130. The Morgan fingerprint density at radius 1 is 1.55 bits per heavy atom. The van der Waals surface area contributed by atoms with E-state index < -0.39 is 0 Å². The fraction of sp³-hybridized carbons (Fsp3) is 0.250. The van der Waals surface area contributed by atoms with Crippen molar-refractivity contribution in [1.29, 1.82) is 0 Å². The molecule has 0 radical (unpaired) electrons. The van der Waals surface area contributed by atoms with Crippen LogP contribution in [0.1, 0.15) is 11.1 Å². The summed E-state index contributed by atoms with van der Waals surface area (Å²) in [6.45, 7) is 2.47. The third kappa shape index (κ3) is 2.41. The zero-order chi connectivity index (χ0) is 8.27. The maximum absolute atomic E-state index is 12.9. The first-order chi connectivity index (χ1) is 5.24. The van der Waals surface area contributed by atoms with Crippen LogP contribution in [-0.4, -0.2) is 0 Å². The minimum Gasteiger partial charge on any atom is -0.257 e. The molecule has 0 unspecified atom stereocenters. The topological polar surface area (TPSA) is 12.0 Å². The Kier molecular flexibility index (Phi) is 3.26. The van der Waals surface area contributed by atoms with Gasteiger partial charge in [-0.1, -0.05) is 12.1 Å². The number of benzene rings is 1. The van der Waals surface area contributed by atoms with Crippen LogP contribution in [0.25, 0.3) is 0 Å². The van der Waals surface area contributed by atoms with Crippen molar-refractivity contribution in [3.8, 4) is 0 Å². The lowest BCUT2D eigenvalue weighted by atomic mass is 10.1. The van der Waals surface area contributed by atoms with Gasteiger partial charge in [-0.2, -0.15) is 0 Å². The molecule has 0 atom stereocenters. The summed E-state index contributed by atoms with van der Waals surface area (Å²) in [5, 5.41) is 0. The van der Waals surface area contributed by atoms with Crippen LogP contribution in [-0.2, 0) is 6.54 Å². The van der Waals surface area contributed by atoms with Crippen molar-refractivity contribution in [2.75, 3.05) is 0 Å². The Bertz CT molecular complexity index is 250. The number of hydrogen-bond donors (Lipinski definition) is 1. The van der Waals surface area contributed by atoms with Gasteiger partial charge in [0.15, 0.2) is 0 Å². The molecule has 1 aromatic carbocycles. The molecule has 0 aliphatic heterocycles. The Hall–Kier alpha value is -0.160. The van der Waals surface area contributed by atoms with Crippen molar-refractivity contribution in [2.45, 2.75) is 13.5 Å². The fourth-order valence-electron chi connectivity index (χ4n) is 0.823. The average Bonchev–Trinajstić information content (AvgIpc) is 1.98. The van der Waals surface area contributed by atoms with E-state index in [2.05, 4.69) is 3.53 Å². The van der Waals surface area contributed by atoms with Crippen molar-refractivity contribution in [1.82, 2.24) is 3.53 Å². The van der Waals surface area contributed by atoms with Gasteiger partial charge in [0.1, 0.15) is 5.82 Å². The molecule has 0 bridgehead atoms. The zero-order valence-corrected chi connectivity index (χ0v) is 8.35. The lowest BCUT2D eigenvalue weighted by Crippen LogP contribution is -1.98. The molecule has 0 aromatic heterocycles. The van der Waals surface area contributed by atoms with Gasteiger partial charge < -0.3 is 0 Å². The maximum atomic E-state index is 12.9. The molecule has 3 heteroatoms. The third-order valence-corrected chi connectivity index (χ3v) is 1.89. The number of nitrogens with one attached hydrogen (secondary N) is 1. The normalized spacial score (nSPS) is 10.1. The Morgan fingerprint density at radius 3 is 2.82 bits per heavy atom. The van der Waals surface area contributed by atoms with Gasteiger partial charge in [-0.05, 0) is 24.1 Å². The van der Waals surface area contributed by atoms with E-state index in [-0.39, 0.29) is 5.82 Å². The number of rotatable bonds is 2. The standard InChI is InChI=1S/C8H9FIN/c1-6-2-3-7(5-11-10)4-8(6)9/h2-4,11H,5H2,1H3. The summed E-state index contributed by atoms with van der Waals surface area (Å²) in [5.41, 5.74) is 1.67. The third-order valence-electron chi connectivity index (χ3n) is 1.51. The van der Waals surface area contributed by atoms with Crippen molar-refractivity contribution >= 4 is 22.9 Å². The van der Waals surface area contributed by atoms with E-state index in [1.54, 1.807) is 19.1 Å². The van der Waals surface area contributed by atoms with Crippen molar-refractivity contribution in [3.05, 3.63) is 35.1 Å². The lowest BCUT2D eigenvalue weighted by molar-refractivity contribution is 0.616. The zero-order valence-electron chi connectivity index (χ0n) is 6.20. The molecule has 60 valence electrons. The molecular formula is C8H9FIN. The van der Waals surface area contributed by atoms with Gasteiger partial charge in [0.05, 0.1) is 0 Å². The molecule has 1 nitrogen and oxygen atoms in total. The molecule has 0 spiro atoms. The van der Waals surface area contributed by atoms with Gasteiger partial charge >= 0.3 is 0 Å². The average molecular weight is 265 g/mol. The molecule has 0 heterocycles. The van der Waals surface area contributed by atoms with E-state index in [0.29, 0.717) is 12.1 Å². The molecule has 0 fully saturated rings. The highest BCUT2D eigenvalue weighted by molar-refractivity contribution is 14.1. The quantitative estimate of drug-likeness (QED) is 0.640. The van der Waals surface area contributed by atoms with Crippen molar-refractivity contribution in [3.63, 3.8) is 0 Å². The summed E-state index contributed by atoms with van der Waals surface area (Å²) in [6.07, 6.45) is 0. The van der Waals surface area contributed by atoms with E-state index in [1.165, 1.54) is 0 Å². The molecule has 0 saturated carbocycles. The number of hydrogen-bond acceptors (Lipinski definition) is 1.